The van der Waals surface area contributed by atoms with Gasteiger partial charge in [-0.05, 0) is 24.1 Å². The Morgan fingerprint density at radius 2 is 1.82 bits per heavy atom. The minimum atomic E-state index is -0.332. The van der Waals surface area contributed by atoms with E-state index in [1.54, 1.807) is 43.2 Å². The quantitative estimate of drug-likeness (QED) is 0.739. The van der Waals surface area contributed by atoms with Crippen LogP contribution in [0.15, 0.2) is 48.5 Å². The first-order valence-corrected chi connectivity index (χ1v) is 9.34. The molecule has 1 atom stereocenters. The number of methoxy groups -OCH3 is 2. The molecular weight excluding hydrogens is 356 g/mol. The molecule has 1 aliphatic heterocycles. The van der Waals surface area contributed by atoms with Gasteiger partial charge in [0.05, 0.1) is 20.1 Å². The first kappa shape index (κ1) is 19.7. The van der Waals surface area contributed by atoms with Crippen LogP contribution in [0.2, 0.25) is 0 Å². The van der Waals surface area contributed by atoms with Crippen molar-refractivity contribution in [3.05, 3.63) is 54.1 Å². The van der Waals surface area contributed by atoms with Gasteiger partial charge in [-0.1, -0.05) is 30.3 Å². The highest BCUT2D eigenvalue weighted by Crippen LogP contribution is 2.32. The van der Waals surface area contributed by atoms with Gasteiger partial charge in [0.1, 0.15) is 0 Å². The summed E-state index contributed by atoms with van der Waals surface area (Å²) in [6.07, 6.45) is 1.05. The summed E-state index contributed by atoms with van der Waals surface area (Å²) < 4.78 is 10.6. The van der Waals surface area contributed by atoms with Gasteiger partial charge in [-0.25, -0.2) is 0 Å². The highest BCUT2D eigenvalue weighted by atomic mass is 16.5. The molecule has 2 amide bonds. The molecule has 148 valence electrons. The molecule has 0 aliphatic carbocycles. The summed E-state index contributed by atoms with van der Waals surface area (Å²) in [5, 5.41) is 0. The number of anilines is 1. The summed E-state index contributed by atoms with van der Waals surface area (Å²) in [5.74, 6) is 0.806. The Kier molecular flexibility index (Phi) is 6.19. The van der Waals surface area contributed by atoms with Gasteiger partial charge < -0.3 is 19.3 Å². The highest BCUT2D eigenvalue weighted by molar-refractivity contribution is 5.98. The average molecular weight is 382 g/mol. The van der Waals surface area contributed by atoms with Crippen molar-refractivity contribution < 1.29 is 19.1 Å². The summed E-state index contributed by atoms with van der Waals surface area (Å²) in [6.45, 7) is 1.09. The number of carbonyl (C=O) groups is 2. The van der Waals surface area contributed by atoms with Crippen molar-refractivity contribution in [1.82, 2.24) is 4.90 Å². The molecule has 6 nitrogen and oxygen atoms in total. The number of amides is 2. The smallest absolute Gasteiger partial charge is 0.232 e. The average Bonchev–Trinajstić information content (AvgIpc) is 3.11. The molecule has 3 rings (SSSR count). The molecule has 0 aromatic heterocycles. The molecule has 1 heterocycles. The van der Waals surface area contributed by atoms with Crippen LogP contribution >= 0.6 is 0 Å². The summed E-state index contributed by atoms with van der Waals surface area (Å²) in [4.78, 5) is 28.7. The number of benzene rings is 2. The van der Waals surface area contributed by atoms with Crippen LogP contribution in [0.5, 0.6) is 11.5 Å². The lowest BCUT2D eigenvalue weighted by Gasteiger charge is -2.22. The maximum atomic E-state index is 12.9. The third-order valence-electron chi connectivity index (χ3n) is 5.16. The zero-order valence-corrected chi connectivity index (χ0v) is 16.6. The van der Waals surface area contributed by atoms with Gasteiger partial charge >= 0.3 is 0 Å². The van der Waals surface area contributed by atoms with Gasteiger partial charge in [0.15, 0.2) is 11.5 Å². The second-order valence-electron chi connectivity index (χ2n) is 6.91. The van der Waals surface area contributed by atoms with Crippen LogP contribution in [0.3, 0.4) is 0 Å². The highest BCUT2D eigenvalue weighted by Gasteiger charge is 2.35. The normalized spacial score (nSPS) is 16.2. The van der Waals surface area contributed by atoms with Crippen LogP contribution in [-0.2, 0) is 16.0 Å². The van der Waals surface area contributed by atoms with Gasteiger partial charge in [0, 0.05) is 38.3 Å². The molecule has 0 spiro atoms. The molecule has 1 fully saturated rings. The maximum Gasteiger partial charge on any atom is 0.232 e. The van der Waals surface area contributed by atoms with E-state index in [2.05, 4.69) is 0 Å². The van der Waals surface area contributed by atoms with Gasteiger partial charge in [-0.15, -0.1) is 0 Å². The number of nitrogens with zero attached hydrogens (tertiary/aromatic N) is 2. The van der Waals surface area contributed by atoms with Crippen molar-refractivity contribution in [2.45, 2.75) is 12.8 Å². The zero-order valence-electron chi connectivity index (χ0n) is 16.6. The molecule has 0 bridgehead atoms. The lowest BCUT2D eigenvalue weighted by Crippen LogP contribution is -2.35. The topological polar surface area (TPSA) is 59.1 Å². The number of ether oxygens (including phenoxy) is 2. The third-order valence-corrected chi connectivity index (χ3v) is 5.16. The van der Waals surface area contributed by atoms with Crippen LogP contribution < -0.4 is 14.4 Å². The fourth-order valence-electron chi connectivity index (χ4n) is 3.50. The van der Waals surface area contributed by atoms with E-state index in [4.69, 9.17) is 9.47 Å². The summed E-state index contributed by atoms with van der Waals surface area (Å²) >= 11 is 0. The molecule has 6 heteroatoms. The maximum absolute atomic E-state index is 12.9. The lowest BCUT2D eigenvalue weighted by atomic mass is 10.1. The molecule has 2 aromatic carbocycles. The van der Waals surface area contributed by atoms with Gasteiger partial charge in [0.25, 0.3) is 0 Å². The monoisotopic (exact) mass is 382 g/mol. The largest absolute Gasteiger partial charge is 0.493 e. The van der Waals surface area contributed by atoms with Crippen molar-refractivity contribution in [3.63, 3.8) is 0 Å². The summed E-state index contributed by atoms with van der Waals surface area (Å²) in [5.41, 5.74) is 1.89. The first-order valence-electron chi connectivity index (χ1n) is 9.34. The molecule has 1 aliphatic rings. The molecule has 0 radical (unpaired) electrons. The number of carbonyl (C=O) groups excluding carboxylic acids is 2. The van der Waals surface area contributed by atoms with Crippen molar-refractivity contribution in [3.8, 4) is 11.5 Å². The number of hydrogen-bond donors (Lipinski definition) is 0. The van der Waals surface area contributed by atoms with Crippen molar-refractivity contribution in [2.24, 2.45) is 5.92 Å². The van der Waals surface area contributed by atoms with Crippen LogP contribution in [0, 0.1) is 5.92 Å². The Balaban J connectivity index is 1.63. The van der Waals surface area contributed by atoms with Crippen molar-refractivity contribution in [1.29, 1.82) is 0 Å². The molecule has 1 saturated heterocycles. The Morgan fingerprint density at radius 1 is 1.11 bits per heavy atom. The molecule has 1 unspecified atom stereocenters. The Bertz CT molecular complexity index is 838. The molecular formula is C22H26N2O4. The first-order chi connectivity index (χ1) is 13.5. The number of likely N-dealkylation sites (tertiary alicyclic amines) is 1. The van der Waals surface area contributed by atoms with Crippen LogP contribution in [-0.4, -0.2) is 51.1 Å². The predicted molar refractivity (Wildman–Crippen MR) is 108 cm³/mol. The van der Waals surface area contributed by atoms with E-state index < -0.39 is 0 Å². The predicted octanol–water partition coefficient (Wildman–Crippen LogP) is 2.76. The van der Waals surface area contributed by atoms with Gasteiger partial charge in [-0.2, -0.15) is 0 Å². The van der Waals surface area contributed by atoms with E-state index in [0.29, 0.717) is 30.3 Å². The molecule has 28 heavy (non-hydrogen) atoms. The van der Waals surface area contributed by atoms with E-state index in [-0.39, 0.29) is 24.2 Å². The minimum absolute atomic E-state index is 0.0370. The molecule has 2 aromatic rings. The van der Waals surface area contributed by atoms with E-state index in [1.165, 1.54) is 5.56 Å². The molecule has 0 saturated carbocycles. The standard InChI is InChI=1S/C22H26N2O4/c1-23(18-9-10-19(27-2)20(14-18)28-3)22(26)17-13-21(25)24(15-17)12-11-16-7-5-4-6-8-16/h4-10,14,17H,11-13,15H2,1-3H3. The van der Waals surface area contributed by atoms with Crippen LogP contribution in [0.25, 0.3) is 0 Å². The number of hydrogen-bond acceptors (Lipinski definition) is 4. The van der Waals surface area contributed by atoms with Crippen molar-refractivity contribution >= 4 is 17.5 Å². The number of rotatable bonds is 7. The second kappa shape index (κ2) is 8.78. The fourth-order valence-corrected chi connectivity index (χ4v) is 3.50. The minimum Gasteiger partial charge on any atom is -0.493 e. The fraction of sp³-hybridized carbons (Fsp3) is 0.364. The van der Waals surface area contributed by atoms with Crippen LogP contribution in [0.4, 0.5) is 5.69 Å². The Hall–Kier alpha value is -3.02. The van der Waals surface area contributed by atoms with E-state index in [0.717, 1.165) is 6.42 Å². The van der Waals surface area contributed by atoms with Crippen molar-refractivity contribution in [2.75, 3.05) is 39.3 Å². The lowest BCUT2D eigenvalue weighted by molar-refractivity contribution is -0.128. The third kappa shape index (κ3) is 4.27. The van der Waals surface area contributed by atoms with E-state index in [1.807, 2.05) is 36.4 Å². The van der Waals surface area contributed by atoms with Gasteiger partial charge in [-0.3, -0.25) is 9.59 Å². The van der Waals surface area contributed by atoms with Gasteiger partial charge in [0.2, 0.25) is 11.8 Å². The summed E-state index contributed by atoms with van der Waals surface area (Å²) in [7, 11) is 4.85. The SMILES string of the molecule is COc1ccc(N(C)C(=O)C2CC(=O)N(CCc3ccccc3)C2)cc1OC. The van der Waals surface area contributed by atoms with Crippen LogP contribution in [0.1, 0.15) is 12.0 Å². The Morgan fingerprint density at radius 3 is 2.50 bits per heavy atom. The Labute approximate surface area is 165 Å². The summed E-state index contributed by atoms with van der Waals surface area (Å²) in [6, 6.07) is 15.4. The van der Waals surface area contributed by atoms with E-state index >= 15 is 0 Å². The zero-order chi connectivity index (χ0) is 20.1. The van der Waals surface area contributed by atoms with E-state index in [9.17, 15) is 9.59 Å². The molecule has 0 N–H and O–H groups in total. The second-order valence-corrected chi connectivity index (χ2v) is 6.91.